The smallest absolute Gasteiger partial charge is 0.317 e. The molecule has 1 aromatic heterocycles. The highest BCUT2D eigenvalue weighted by atomic mass is 16.5. The van der Waals surface area contributed by atoms with Gasteiger partial charge in [-0.05, 0) is 12.0 Å². The maximum absolute atomic E-state index is 12.7. The Bertz CT molecular complexity index is 873. The van der Waals surface area contributed by atoms with Crippen molar-refractivity contribution in [3.8, 4) is 5.75 Å². The van der Waals surface area contributed by atoms with Crippen molar-refractivity contribution >= 4 is 6.03 Å². The molecule has 0 radical (unpaired) electrons. The number of piperidine rings is 1. The Morgan fingerprint density at radius 1 is 1.29 bits per heavy atom. The van der Waals surface area contributed by atoms with Crippen molar-refractivity contribution in [3.05, 3.63) is 47.8 Å². The van der Waals surface area contributed by atoms with Gasteiger partial charge >= 0.3 is 6.03 Å². The average Bonchev–Trinajstić information content (AvgIpc) is 3.36. The molecule has 3 aliphatic rings. The Kier molecular flexibility index (Phi) is 4.08. The number of carbonyl (C=O) groups is 1. The molecule has 7 heteroatoms. The number of benzene rings is 1. The Balaban J connectivity index is 1.17. The second kappa shape index (κ2) is 6.51. The van der Waals surface area contributed by atoms with E-state index in [1.165, 1.54) is 5.56 Å². The number of aromatic nitrogens is 2. The van der Waals surface area contributed by atoms with Crippen LogP contribution in [0.5, 0.6) is 5.75 Å². The van der Waals surface area contributed by atoms with Gasteiger partial charge in [0.1, 0.15) is 17.4 Å². The molecule has 0 bridgehead atoms. The number of rotatable bonds is 2. The van der Waals surface area contributed by atoms with Crippen LogP contribution in [0.15, 0.2) is 36.5 Å². The summed E-state index contributed by atoms with van der Waals surface area (Å²) in [5, 5.41) is 17.9. The molecule has 2 aliphatic heterocycles. The molecule has 148 valence electrons. The normalized spacial score (nSPS) is 27.8. The number of nitrogens with zero attached hydrogens (tertiary/aromatic N) is 3. The van der Waals surface area contributed by atoms with Crippen LogP contribution in [0, 0.1) is 0 Å². The number of fused-ring (bicyclic) bond motifs is 1. The molecule has 5 rings (SSSR count). The molecule has 1 aromatic carbocycles. The van der Waals surface area contributed by atoms with Crippen molar-refractivity contribution in [2.75, 3.05) is 13.1 Å². The quantitative estimate of drug-likeness (QED) is 0.836. The third-order valence-electron chi connectivity index (χ3n) is 6.45. The van der Waals surface area contributed by atoms with Gasteiger partial charge in [0, 0.05) is 51.4 Å². The van der Waals surface area contributed by atoms with Crippen LogP contribution in [-0.4, -0.2) is 50.6 Å². The van der Waals surface area contributed by atoms with Gasteiger partial charge in [0.2, 0.25) is 0 Å². The summed E-state index contributed by atoms with van der Waals surface area (Å²) in [5.41, 5.74) is 1.63. The largest absolute Gasteiger partial charge is 0.483 e. The number of aliphatic hydroxyl groups excluding tert-OH is 1. The lowest BCUT2D eigenvalue weighted by molar-refractivity contribution is -0.0498. The third kappa shape index (κ3) is 3.03. The summed E-state index contributed by atoms with van der Waals surface area (Å²) in [6.07, 6.45) is 4.10. The number of carbonyl (C=O) groups excluding carboxylic acids is 1. The monoisotopic (exact) mass is 382 g/mol. The first-order valence-electron chi connectivity index (χ1n) is 10.0. The summed E-state index contributed by atoms with van der Waals surface area (Å²) in [7, 11) is 1.82. The van der Waals surface area contributed by atoms with Crippen molar-refractivity contribution in [3.63, 3.8) is 0 Å². The number of nitrogens with one attached hydrogen (secondary N) is 1. The molecule has 1 aliphatic carbocycles. The highest BCUT2D eigenvalue weighted by Crippen LogP contribution is 2.44. The zero-order valence-corrected chi connectivity index (χ0v) is 16.0. The Hall–Kier alpha value is -2.54. The Morgan fingerprint density at radius 3 is 2.79 bits per heavy atom. The first-order valence-corrected chi connectivity index (χ1v) is 10.0. The molecule has 2 N–H and O–H groups in total. The Morgan fingerprint density at radius 2 is 2.04 bits per heavy atom. The topological polar surface area (TPSA) is 79.6 Å². The number of amides is 2. The van der Waals surface area contributed by atoms with Crippen LogP contribution in [0.3, 0.4) is 0 Å². The molecule has 2 amide bonds. The zero-order chi connectivity index (χ0) is 19.3. The minimum atomic E-state index is -0.574. The number of aliphatic hydroxyl groups is 1. The van der Waals surface area contributed by atoms with Crippen LogP contribution < -0.4 is 10.1 Å². The highest BCUT2D eigenvalue weighted by Gasteiger charge is 2.46. The molecule has 3 atom stereocenters. The SMILES string of the molecule is Cn1ncc2c1[C@H](O)CC1(CCN(C(=O)N[C@@H]3C[C@H]3c3ccccc3)CC1)O2. The van der Waals surface area contributed by atoms with E-state index in [1.54, 1.807) is 10.9 Å². The van der Waals surface area contributed by atoms with Crippen molar-refractivity contribution < 1.29 is 14.6 Å². The van der Waals surface area contributed by atoms with Crippen LogP contribution in [0.1, 0.15) is 49.0 Å². The number of ether oxygens (including phenoxy) is 1. The first-order chi connectivity index (χ1) is 13.5. The molecule has 1 saturated carbocycles. The fourth-order valence-electron chi connectivity index (χ4n) is 4.71. The molecule has 2 aromatic rings. The van der Waals surface area contributed by atoms with E-state index in [2.05, 4.69) is 22.5 Å². The number of hydrogen-bond acceptors (Lipinski definition) is 4. The highest BCUT2D eigenvalue weighted by molar-refractivity contribution is 5.75. The second-order valence-electron chi connectivity index (χ2n) is 8.32. The zero-order valence-electron chi connectivity index (χ0n) is 16.0. The summed E-state index contributed by atoms with van der Waals surface area (Å²) in [4.78, 5) is 14.5. The lowest BCUT2D eigenvalue weighted by atomic mass is 9.83. The van der Waals surface area contributed by atoms with Crippen LogP contribution >= 0.6 is 0 Å². The second-order valence-corrected chi connectivity index (χ2v) is 8.32. The van der Waals surface area contributed by atoms with Crippen molar-refractivity contribution in [1.82, 2.24) is 20.0 Å². The van der Waals surface area contributed by atoms with E-state index >= 15 is 0 Å². The fraction of sp³-hybridized carbons (Fsp3) is 0.524. The maximum atomic E-state index is 12.7. The number of likely N-dealkylation sites (tertiary alicyclic amines) is 1. The molecule has 28 heavy (non-hydrogen) atoms. The minimum Gasteiger partial charge on any atom is -0.483 e. The summed E-state index contributed by atoms with van der Waals surface area (Å²) < 4.78 is 7.92. The lowest BCUT2D eigenvalue weighted by Gasteiger charge is -2.45. The Labute approximate surface area is 164 Å². The molecule has 2 fully saturated rings. The molecule has 7 nitrogen and oxygen atoms in total. The van der Waals surface area contributed by atoms with Crippen molar-refractivity contribution in [1.29, 1.82) is 0 Å². The summed E-state index contributed by atoms with van der Waals surface area (Å²) in [6, 6.07) is 10.6. The molecule has 3 heterocycles. The van der Waals surface area contributed by atoms with Gasteiger partial charge in [-0.3, -0.25) is 4.68 Å². The van der Waals surface area contributed by atoms with E-state index in [-0.39, 0.29) is 12.1 Å². The minimum absolute atomic E-state index is 0.0108. The number of aryl methyl sites for hydroxylation is 1. The first kappa shape index (κ1) is 17.6. The van der Waals surface area contributed by atoms with Gasteiger partial charge in [0.25, 0.3) is 0 Å². The predicted molar refractivity (Wildman–Crippen MR) is 103 cm³/mol. The maximum Gasteiger partial charge on any atom is 0.317 e. The average molecular weight is 382 g/mol. The van der Waals surface area contributed by atoms with Crippen LogP contribution in [0.25, 0.3) is 0 Å². The van der Waals surface area contributed by atoms with E-state index in [1.807, 2.05) is 30.1 Å². The van der Waals surface area contributed by atoms with Crippen LogP contribution in [-0.2, 0) is 7.05 Å². The van der Waals surface area contributed by atoms with Gasteiger partial charge in [0.15, 0.2) is 5.75 Å². The molecule has 1 spiro atoms. The van der Waals surface area contributed by atoms with E-state index in [0.717, 1.165) is 25.0 Å². The predicted octanol–water partition coefficient (Wildman–Crippen LogP) is 2.34. The van der Waals surface area contributed by atoms with E-state index in [0.29, 0.717) is 31.2 Å². The molecule has 1 saturated heterocycles. The van der Waals surface area contributed by atoms with Gasteiger partial charge in [-0.15, -0.1) is 0 Å². The van der Waals surface area contributed by atoms with Crippen molar-refractivity contribution in [2.45, 2.75) is 49.3 Å². The van der Waals surface area contributed by atoms with E-state index < -0.39 is 11.7 Å². The summed E-state index contributed by atoms with van der Waals surface area (Å²) >= 11 is 0. The van der Waals surface area contributed by atoms with Gasteiger partial charge in [-0.25, -0.2) is 4.79 Å². The molecule has 0 unspecified atom stereocenters. The van der Waals surface area contributed by atoms with Gasteiger partial charge in [-0.2, -0.15) is 5.10 Å². The van der Waals surface area contributed by atoms with Crippen LogP contribution in [0.2, 0.25) is 0 Å². The number of urea groups is 1. The van der Waals surface area contributed by atoms with E-state index in [9.17, 15) is 9.90 Å². The van der Waals surface area contributed by atoms with E-state index in [4.69, 9.17) is 4.74 Å². The molecular formula is C21H26N4O3. The molecular weight excluding hydrogens is 356 g/mol. The standard InChI is InChI=1S/C21H26N4O3/c1-24-19-17(26)12-21(28-18(19)13-22-24)7-9-25(10-8-21)20(27)23-16-11-15(16)14-5-3-2-4-6-14/h2-6,13,15-17,26H,7-12H2,1H3,(H,23,27)/t15-,16+,17+/m0/s1. The van der Waals surface area contributed by atoms with Crippen LogP contribution in [0.4, 0.5) is 4.79 Å². The van der Waals surface area contributed by atoms with Gasteiger partial charge in [-0.1, -0.05) is 30.3 Å². The summed E-state index contributed by atoms with van der Waals surface area (Å²) in [6.45, 7) is 1.27. The fourth-order valence-corrected chi connectivity index (χ4v) is 4.71. The van der Waals surface area contributed by atoms with Crippen molar-refractivity contribution in [2.24, 2.45) is 7.05 Å². The summed E-state index contributed by atoms with van der Waals surface area (Å²) in [5.74, 6) is 1.10. The lowest BCUT2D eigenvalue weighted by Crippen LogP contribution is -2.54. The number of hydrogen-bond donors (Lipinski definition) is 2. The third-order valence-corrected chi connectivity index (χ3v) is 6.45. The van der Waals surface area contributed by atoms with Gasteiger partial charge in [0.05, 0.1) is 6.20 Å². The van der Waals surface area contributed by atoms with Gasteiger partial charge < -0.3 is 20.1 Å².